The van der Waals surface area contributed by atoms with Gasteiger partial charge in [-0.15, -0.1) is 11.3 Å². The zero-order chi connectivity index (χ0) is 14.0. The number of aromatic nitrogens is 1. The van der Waals surface area contributed by atoms with Crippen molar-refractivity contribution < 1.29 is 23.4 Å². The van der Waals surface area contributed by atoms with Crippen LogP contribution in [0.1, 0.15) is 30.8 Å². The van der Waals surface area contributed by atoms with E-state index in [1.165, 1.54) is 6.92 Å². The van der Waals surface area contributed by atoms with E-state index in [0.29, 0.717) is 6.42 Å². The van der Waals surface area contributed by atoms with Crippen molar-refractivity contribution in [1.82, 2.24) is 9.71 Å². The Morgan fingerprint density at radius 1 is 1.61 bits per heavy atom. The third-order valence-electron chi connectivity index (χ3n) is 2.49. The van der Waals surface area contributed by atoms with Crippen LogP contribution >= 0.6 is 11.3 Å². The summed E-state index contributed by atoms with van der Waals surface area (Å²) in [6, 6.07) is 0. The molecule has 0 aromatic carbocycles. The lowest BCUT2D eigenvalue weighted by molar-refractivity contribution is 0.0687. The molecule has 9 heteroatoms. The van der Waals surface area contributed by atoms with Crippen LogP contribution in [0.15, 0.2) is 9.72 Å². The second kappa shape index (κ2) is 5.31. The first-order chi connectivity index (χ1) is 8.25. The van der Waals surface area contributed by atoms with E-state index >= 15 is 0 Å². The van der Waals surface area contributed by atoms with Gasteiger partial charge in [0.2, 0.25) is 0 Å². The van der Waals surface area contributed by atoms with E-state index in [4.69, 9.17) is 10.2 Å². The van der Waals surface area contributed by atoms with Crippen LogP contribution in [0.3, 0.4) is 0 Å². The Morgan fingerprint density at radius 2 is 2.22 bits per heavy atom. The van der Waals surface area contributed by atoms with Gasteiger partial charge in [0.05, 0.1) is 17.7 Å². The Morgan fingerprint density at radius 3 is 2.67 bits per heavy atom. The molecule has 1 unspecified atom stereocenters. The lowest BCUT2D eigenvalue weighted by Crippen LogP contribution is -2.48. The number of thiazole rings is 1. The molecule has 0 saturated heterocycles. The van der Waals surface area contributed by atoms with Gasteiger partial charge in [-0.05, 0) is 13.3 Å². The Kier molecular flexibility index (Phi) is 4.43. The van der Waals surface area contributed by atoms with E-state index in [-0.39, 0.29) is 10.8 Å². The molecule has 0 radical (unpaired) electrons. The monoisotopic (exact) mass is 294 g/mol. The van der Waals surface area contributed by atoms with Crippen molar-refractivity contribution >= 4 is 27.3 Å². The molecular formula is C9H14N2O5S2. The number of hydrogen-bond donors (Lipinski definition) is 3. The van der Waals surface area contributed by atoms with E-state index in [9.17, 15) is 13.2 Å². The number of sulfonamides is 1. The molecule has 0 bridgehead atoms. The standard InChI is InChI=1S/C9H14N2O5S2/c1-3-9(2,4-12)11-18(15,16)8-6(7(13)14)10-5-17-8/h5,11-12H,3-4H2,1-2H3,(H,13,14). The molecule has 0 aliphatic heterocycles. The normalized spacial score (nSPS) is 15.3. The molecule has 1 atom stereocenters. The summed E-state index contributed by atoms with van der Waals surface area (Å²) in [7, 11) is -4.01. The summed E-state index contributed by atoms with van der Waals surface area (Å²) in [5.41, 5.74) is -0.386. The molecule has 0 spiro atoms. The Bertz CT molecular complexity index is 533. The van der Waals surface area contributed by atoms with E-state index in [1.54, 1.807) is 6.92 Å². The largest absolute Gasteiger partial charge is 0.476 e. The molecule has 0 saturated carbocycles. The summed E-state index contributed by atoms with van der Waals surface area (Å²) < 4.78 is 26.0. The predicted octanol–water partition coefficient (Wildman–Crippen LogP) is 0.281. The predicted molar refractivity (Wildman–Crippen MR) is 65.2 cm³/mol. The van der Waals surface area contributed by atoms with Crippen LogP contribution in [0.4, 0.5) is 0 Å². The van der Waals surface area contributed by atoms with Gasteiger partial charge in [-0.25, -0.2) is 22.9 Å². The van der Waals surface area contributed by atoms with Crippen molar-refractivity contribution in [3.05, 3.63) is 11.2 Å². The maximum Gasteiger partial charge on any atom is 0.356 e. The molecule has 0 amide bonds. The van der Waals surface area contributed by atoms with Crippen molar-refractivity contribution in [3.63, 3.8) is 0 Å². The number of rotatable bonds is 6. The Labute approximate surface area is 109 Å². The van der Waals surface area contributed by atoms with Crippen LogP contribution in [-0.4, -0.2) is 41.7 Å². The van der Waals surface area contributed by atoms with E-state index < -0.39 is 27.2 Å². The SMILES string of the molecule is CCC(C)(CO)NS(=O)(=O)c1scnc1C(=O)O. The van der Waals surface area contributed by atoms with Gasteiger partial charge >= 0.3 is 5.97 Å². The molecule has 1 rings (SSSR count). The number of carboxylic acids is 1. The molecular weight excluding hydrogens is 280 g/mol. The van der Waals surface area contributed by atoms with Crippen LogP contribution in [0.2, 0.25) is 0 Å². The van der Waals surface area contributed by atoms with Gasteiger partial charge in [0.25, 0.3) is 10.0 Å². The van der Waals surface area contributed by atoms with Crippen LogP contribution < -0.4 is 4.72 Å². The lowest BCUT2D eigenvalue weighted by Gasteiger charge is -2.26. The van der Waals surface area contributed by atoms with Crippen molar-refractivity contribution in [3.8, 4) is 0 Å². The first-order valence-corrected chi connectivity index (χ1v) is 7.43. The van der Waals surface area contributed by atoms with Crippen LogP contribution in [-0.2, 0) is 10.0 Å². The second-order valence-corrected chi connectivity index (χ2v) is 6.70. The highest BCUT2D eigenvalue weighted by molar-refractivity contribution is 7.91. The quantitative estimate of drug-likeness (QED) is 0.694. The highest BCUT2D eigenvalue weighted by Crippen LogP contribution is 2.22. The number of hydrogen-bond acceptors (Lipinski definition) is 6. The van der Waals surface area contributed by atoms with E-state index in [2.05, 4.69) is 9.71 Å². The minimum Gasteiger partial charge on any atom is -0.476 e. The molecule has 3 N–H and O–H groups in total. The van der Waals surface area contributed by atoms with Gasteiger partial charge in [0.1, 0.15) is 0 Å². The first kappa shape index (κ1) is 15.0. The van der Waals surface area contributed by atoms with Crippen LogP contribution in [0, 0.1) is 0 Å². The number of carbonyl (C=O) groups is 1. The molecule has 18 heavy (non-hydrogen) atoms. The average Bonchev–Trinajstić information content (AvgIpc) is 2.78. The fraction of sp³-hybridized carbons (Fsp3) is 0.556. The first-order valence-electron chi connectivity index (χ1n) is 5.07. The minimum atomic E-state index is -4.01. The molecule has 0 aliphatic rings. The molecule has 1 heterocycles. The van der Waals surface area contributed by atoms with Crippen LogP contribution in [0.25, 0.3) is 0 Å². The molecule has 1 aromatic heterocycles. The molecule has 7 nitrogen and oxygen atoms in total. The average molecular weight is 294 g/mol. The Hall–Kier alpha value is -1.03. The van der Waals surface area contributed by atoms with E-state index in [1.807, 2.05) is 0 Å². The Balaban J connectivity index is 3.15. The summed E-state index contributed by atoms with van der Waals surface area (Å²) >= 11 is 0.722. The maximum absolute atomic E-state index is 12.0. The maximum atomic E-state index is 12.0. The van der Waals surface area contributed by atoms with Crippen molar-refractivity contribution in [1.29, 1.82) is 0 Å². The minimum absolute atomic E-state index is 0.358. The zero-order valence-electron chi connectivity index (χ0n) is 9.87. The lowest BCUT2D eigenvalue weighted by atomic mass is 10.0. The number of aromatic carboxylic acids is 1. The summed E-state index contributed by atoms with van der Waals surface area (Å²) in [6.45, 7) is 2.86. The smallest absolute Gasteiger partial charge is 0.356 e. The second-order valence-electron chi connectivity index (χ2n) is 3.97. The summed E-state index contributed by atoms with van der Waals surface area (Å²) in [4.78, 5) is 14.3. The fourth-order valence-electron chi connectivity index (χ4n) is 1.16. The fourth-order valence-corrected chi connectivity index (χ4v) is 3.77. The number of aliphatic hydroxyl groups excluding tert-OH is 1. The summed E-state index contributed by atoms with van der Waals surface area (Å²) in [5, 5.41) is 18.0. The highest BCUT2D eigenvalue weighted by Gasteiger charge is 2.32. The number of carboxylic acid groups (broad SMARTS) is 1. The zero-order valence-corrected chi connectivity index (χ0v) is 11.5. The topological polar surface area (TPSA) is 117 Å². The van der Waals surface area contributed by atoms with Gasteiger partial charge in [-0.2, -0.15) is 0 Å². The van der Waals surface area contributed by atoms with Gasteiger partial charge in [0.15, 0.2) is 9.90 Å². The third kappa shape index (κ3) is 3.05. The van der Waals surface area contributed by atoms with Crippen molar-refractivity contribution in [2.75, 3.05) is 6.61 Å². The number of nitrogens with one attached hydrogen (secondary N) is 1. The van der Waals surface area contributed by atoms with Crippen molar-refractivity contribution in [2.24, 2.45) is 0 Å². The summed E-state index contributed by atoms with van der Waals surface area (Å²) in [5.74, 6) is -1.40. The molecule has 0 aliphatic carbocycles. The van der Waals surface area contributed by atoms with E-state index in [0.717, 1.165) is 16.8 Å². The van der Waals surface area contributed by atoms with Gasteiger partial charge in [-0.3, -0.25) is 0 Å². The molecule has 102 valence electrons. The van der Waals surface area contributed by atoms with Crippen LogP contribution in [0.5, 0.6) is 0 Å². The highest BCUT2D eigenvalue weighted by atomic mass is 32.2. The molecule has 1 aromatic rings. The number of nitrogens with zero attached hydrogens (tertiary/aromatic N) is 1. The van der Waals surface area contributed by atoms with Crippen molar-refractivity contribution in [2.45, 2.75) is 30.0 Å². The summed E-state index contributed by atoms with van der Waals surface area (Å²) in [6.07, 6.45) is 0.365. The third-order valence-corrected chi connectivity index (χ3v) is 5.50. The molecule has 0 fully saturated rings. The van der Waals surface area contributed by atoms with Gasteiger partial charge in [-0.1, -0.05) is 6.92 Å². The van der Waals surface area contributed by atoms with Gasteiger partial charge in [0, 0.05) is 0 Å². The van der Waals surface area contributed by atoms with Gasteiger partial charge < -0.3 is 10.2 Å². The number of aliphatic hydroxyl groups is 1.